The molecule has 2 aromatic rings. The summed E-state index contributed by atoms with van der Waals surface area (Å²) in [5, 5.41) is 3.72. The zero-order chi connectivity index (χ0) is 22.8. The largest absolute Gasteiger partial charge is 0.492 e. The summed E-state index contributed by atoms with van der Waals surface area (Å²) in [5.41, 5.74) is 3.40. The Balaban J connectivity index is 0.00000306. The van der Waals surface area contributed by atoms with Gasteiger partial charge >= 0.3 is 0 Å². The molecule has 2 aromatic carbocycles. The van der Waals surface area contributed by atoms with Crippen molar-refractivity contribution in [3.05, 3.63) is 63.4 Å². The third-order valence-electron chi connectivity index (χ3n) is 6.64. The topological polar surface area (TPSA) is 67.4 Å². The van der Waals surface area contributed by atoms with E-state index in [-0.39, 0.29) is 48.6 Å². The van der Waals surface area contributed by atoms with Gasteiger partial charge in [0.05, 0.1) is 5.75 Å². The molecule has 33 heavy (non-hydrogen) atoms. The quantitative estimate of drug-likeness (QED) is 0.422. The maximum absolute atomic E-state index is 13.6. The molecular formula is C24H31BrClFN2O3S. The minimum Gasteiger partial charge on any atom is -0.492 e. The number of hydrogen-bond acceptors (Lipinski definition) is 4. The van der Waals surface area contributed by atoms with Gasteiger partial charge in [0.25, 0.3) is 0 Å². The maximum Gasteiger partial charge on any atom is 0.211 e. The molecule has 1 atom stereocenters. The van der Waals surface area contributed by atoms with Gasteiger partial charge in [-0.1, -0.05) is 41.4 Å². The van der Waals surface area contributed by atoms with Crippen molar-refractivity contribution in [1.29, 1.82) is 0 Å². The number of ether oxygens (including phenoxy) is 1. The van der Waals surface area contributed by atoms with Crippen LogP contribution in [0.1, 0.15) is 55.3 Å². The maximum atomic E-state index is 13.6. The number of fused-ring (bicyclic) bond motifs is 1. The number of benzene rings is 2. The van der Waals surface area contributed by atoms with Gasteiger partial charge in [0.2, 0.25) is 10.0 Å². The van der Waals surface area contributed by atoms with Gasteiger partial charge in [0.1, 0.15) is 18.2 Å². The van der Waals surface area contributed by atoms with Crippen LogP contribution in [0.3, 0.4) is 0 Å². The molecule has 2 aliphatic rings. The molecule has 0 spiro atoms. The van der Waals surface area contributed by atoms with Crippen LogP contribution in [0, 0.1) is 5.82 Å². The zero-order valence-corrected chi connectivity index (χ0v) is 21.9. The van der Waals surface area contributed by atoms with Crippen molar-refractivity contribution in [3.63, 3.8) is 0 Å². The molecule has 2 N–H and O–H groups in total. The molecule has 1 unspecified atom stereocenters. The van der Waals surface area contributed by atoms with Gasteiger partial charge in [-0.25, -0.2) is 17.5 Å². The molecule has 5 nitrogen and oxygen atoms in total. The monoisotopic (exact) mass is 560 g/mol. The fourth-order valence-electron chi connectivity index (χ4n) is 5.01. The number of nitrogens with one attached hydrogen (secondary N) is 2. The molecule has 182 valence electrons. The van der Waals surface area contributed by atoms with Gasteiger partial charge in [-0.15, -0.1) is 12.4 Å². The molecule has 1 aliphatic carbocycles. The Morgan fingerprint density at radius 1 is 1.21 bits per heavy atom. The zero-order valence-electron chi connectivity index (χ0n) is 18.7. The Labute approximate surface area is 210 Å². The lowest BCUT2D eigenvalue weighted by atomic mass is 9.57. The van der Waals surface area contributed by atoms with Crippen molar-refractivity contribution in [2.75, 3.05) is 25.4 Å². The van der Waals surface area contributed by atoms with Gasteiger partial charge in [0, 0.05) is 28.0 Å². The molecule has 9 heteroatoms. The highest BCUT2D eigenvalue weighted by atomic mass is 79.9. The van der Waals surface area contributed by atoms with Gasteiger partial charge in [-0.3, -0.25) is 0 Å². The second-order valence-electron chi connectivity index (χ2n) is 8.65. The second kappa shape index (κ2) is 11.0. The summed E-state index contributed by atoms with van der Waals surface area (Å²) in [6.45, 7) is 3.19. The van der Waals surface area contributed by atoms with Crippen LogP contribution < -0.4 is 14.8 Å². The van der Waals surface area contributed by atoms with E-state index in [1.165, 1.54) is 5.56 Å². The van der Waals surface area contributed by atoms with Crippen molar-refractivity contribution in [3.8, 4) is 5.75 Å². The van der Waals surface area contributed by atoms with Gasteiger partial charge < -0.3 is 10.1 Å². The third kappa shape index (κ3) is 5.56. The van der Waals surface area contributed by atoms with E-state index >= 15 is 0 Å². The first-order chi connectivity index (χ1) is 15.4. The molecule has 1 saturated carbocycles. The summed E-state index contributed by atoms with van der Waals surface area (Å²) in [4.78, 5) is 0. The summed E-state index contributed by atoms with van der Waals surface area (Å²) >= 11 is 3.72. The van der Waals surface area contributed by atoms with E-state index in [1.807, 2.05) is 31.2 Å². The molecule has 0 aromatic heterocycles. The van der Waals surface area contributed by atoms with E-state index in [9.17, 15) is 12.8 Å². The lowest BCUT2D eigenvalue weighted by molar-refractivity contribution is 0.160. The minimum absolute atomic E-state index is 0. The minimum atomic E-state index is -3.26. The summed E-state index contributed by atoms with van der Waals surface area (Å²) in [6.07, 6.45) is 4.65. The summed E-state index contributed by atoms with van der Waals surface area (Å²) in [5.74, 6) is 0.674. The number of halogens is 3. The van der Waals surface area contributed by atoms with Crippen molar-refractivity contribution >= 4 is 38.4 Å². The van der Waals surface area contributed by atoms with E-state index in [2.05, 4.69) is 26.0 Å². The third-order valence-corrected chi connectivity index (χ3v) is 8.98. The second-order valence-corrected chi connectivity index (χ2v) is 11.4. The molecule has 0 radical (unpaired) electrons. The van der Waals surface area contributed by atoms with E-state index in [0.29, 0.717) is 6.42 Å². The van der Waals surface area contributed by atoms with Crippen LogP contribution in [-0.2, 0) is 21.9 Å². The number of hydrogen-bond donors (Lipinski definition) is 2. The molecule has 0 bridgehead atoms. The fourth-order valence-corrected chi connectivity index (χ4v) is 6.63. The Morgan fingerprint density at radius 3 is 2.58 bits per heavy atom. The van der Waals surface area contributed by atoms with Crippen molar-refractivity contribution in [2.24, 2.45) is 0 Å². The highest BCUT2D eigenvalue weighted by molar-refractivity contribution is 9.10. The van der Waals surface area contributed by atoms with Gasteiger partial charge in [-0.2, -0.15) is 0 Å². The van der Waals surface area contributed by atoms with Gasteiger partial charge in [-0.05, 0) is 67.6 Å². The first-order valence-corrected chi connectivity index (χ1v) is 13.7. The highest BCUT2D eigenvalue weighted by Crippen LogP contribution is 2.55. The number of rotatable bonds is 9. The molecular weight excluding hydrogens is 531 g/mol. The predicted molar refractivity (Wildman–Crippen MR) is 135 cm³/mol. The Hall–Kier alpha value is -1.19. The Bertz CT molecular complexity index is 1060. The summed E-state index contributed by atoms with van der Waals surface area (Å²) in [7, 11) is -3.26. The Morgan fingerprint density at radius 2 is 1.94 bits per heavy atom. The van der Waals surface area contributed by atoms with Gasteiger partial charge in [0.15, 0.2) is 0 Å². The summed E-state index contributed by atoms with van der Waals surface area (Å²) in [6, 6.07) is 10.9. The van der Waals surface area contributed by atoms with Crippen LogP contribution in [0.4, 0.5) is 4.39 Å². The SMILES string of the molecule is CCCS(=O)(=O)NCCOc1ccc(Br)c2c1C(C1(c3ccc(F)cc3)CCC1)NCC2.Cl. The summed E-state index contributed by atoms with van der Waals surface area (Å²) < 4.78 is 47.2. The molecule has 0 amide bonds. The van der Waals surface area contributed by atoms with E-state index < -0.39 is 10.0 Å². The average molecular weight is 562 g/mol. The molecule has 0 saturated heterocycles. The van der Waals surface area contributed by atoms with Crippen molar-refractivity contribution < 1.29 is 17.5 Å². The smallest absolute Gasteiger partial charge is 0.211 e. The van der Waals surface area contributed by atoms with E-state index in [0.717, 1.165) is 53.6 Å². The average Bonchev–Trinajstić information content (AvgIpc) is 2.73. The standard InChI is InChI=1S/C24H30BrFN2O3S.ClH/c1-2-16-32(29,30)28-14-15-31-21-9-8-20(25)19-10-13-27-23(22(19)21)24(11-3-12-24)17-4-6-18(26)7-5-17;/h4-9,23,27-28H,2-3,10-16H2,1H3;1H. The van der Waals surface area contributed by atoms with Crippen molar-refractivity contribution in [2.45, 2.75) is 50.5 Å². The highest BCUT2D eigenvalue weighted by Gasteiger charge is 2.48. The normalized spacial score (nSPS) is 19.2. The molecule has 1 fully saturated rings. The lowest BCUT2D eigenvalue weighted by Crippen LogP contribution is -2.49. The lowest BCUT2D eigenvalue weighted by Gasteiger charge is -2.51. The van der Waals surface area contributed by atoms with Crippen LogP contribution >= 0.6 is 28.3 Å². The van der Waals surface area contributed by atoms with Crippen LogP contribution in [0.5, 0.6) is 5.75 Å². The fraction of sp³-hybridized carbons (Fsp3) is 0.500. The Kier molecular flexibility index (Phi) is 8.83. The van der Waals surface area contributed by atoms with E-state index in [4.69, 9.17) is 4.74 Å². The van der Waals surface area contributed by atoms with Crippen molar-refractivity contribution in [1.82, 2.24) is 10.0 Å². The van der Waals surface area contributed by atoms with Crippen LogP contribution in [0.15, 0.2) is 40.9 Å². The van der Waals surface area contributed by atoms with E-state index in [1.54, 1.807) is 12.1 Å². The van der Waals surface area contributed by atoms with Crippen LogP contribution in [0.2, 0.25) is 0 Å². The van der Waals surface area contributed by atoms with Crippen LogP contribution in [0.25, 0.3) is 0 Å². The molecule has 1 aliphatic heterocycles. The predicted octanol–water partition coefficient (Wildman–Crippen LogP) is 5.03. The molecule has 1 heterocycles. The number of sulfonamides is 1. The molecule has 4 rings (SSSR count). The first kappa shape index (κ1) is 26.4. The van der Waals surface area contributed by atoms with Crippen LogP contribution in [-0.4, -0.2) is 33.9 Å². The first-order valence-electron chi connectivity index (χ1n) is 11.3.